The molecule has 1 aromatic heterocycles. The number of hydrogen-bond donors (Lipinski definition) is 2. The third kappa shape index (κ3) is 1.79. The standard InChI is InChI=1S/C9H10ClN5/c1-15-8(13-14-9(15)12-11)6-2-4-7(10)5-3-6/h2-5H,11H2,1H3,(H,12,14). The molecular formula is C9H10ClN5. The molecule has 15 heavy (non-hydrogen) atoms. The second-order valence-corrected chi connectivity index (χ2v) is 3.49. The monoisotopic (exact) mass is 223 g/mol. The minimum absolute atomic E-state index is 0.514. The molecule has 6 heteroatoms. The van der Waals surface area contributed by atoms with Crippen LogP contribution in [0.25, 0.3) is 11.4 Å². The summed E-state index contributed by atoms with van der Waals surface area (Å²) in [7, 11) is 1.83. The van der Waals surface area contributed by atoms with E-state index in [1.165, 1.54) is 0 Å². The molecule has 0 atom stereocenters. The van der Waals surface area contributed by atoms with Gasteiger partial charge in [-0.3, -0.25) is 9.99 Å². The number of nitrogens with zero attached hydrogens (tertiary/aromatic N) is 3. The molecule has 0 aliphatic rings. The minimum atomic E-state index is 0.514. The Balaban J connectivity index is 2.45. The molecule has 0 spiro atoms. The highest BCUT2D eigenvalue weighted by atomic mass is 35.5. The van der Waals surface area contributed by atoms with Gasteiger partial charge in [-0.15, -0.1) is 10.2 Å². The molecule has 5 nitrogen and oxygen atoms in total. The van der Waals surface area contributed by atoms with Gasteiger partial charge in [-0.25, -0.2) is 5.84 Å². The third-order valence-corrected chi connectivity index (χ3v) is 2.36. The number of nitrogen functional groups attached to an aromatic ring is 1. The van der Waals surface area contributed by atoms with Crippen LogP contribution in [0.4, 0.5) is 5.95 Å². The van der Waals surface area contributed by atoms with Gasteiger partial charge in [-0.2, -0.15) is 0 Å². The van der Waals surface area contributed by atoms with Crippen molar-refractivity contribution in [1.29, 1.82) is 0 Å². The first-order chi connectivity index (χ1) is 7.22. The zero-order chi connectivity index (χ0) is 10.8. The molecule has 1 aromatic carbocycles. The van der Waals surface area contributed by atoms with Crippen LogP contribution in [0.2, 0.25) is 5.02 Å². The van der Waals surface area contributed by atoms with E-state index in [4.69, 9.17) is 17.4 Å². The van der Waals surface area contributed by atoms with Crippen LogP contribution in [0.15, 0.2) is 24.3 Å². The normalized spacial score (nSPS) is 10.3. The SMILES string of the molecule is Cn1c(NN)nnc1-c1ccc(Cl)cc1. The molecule has 0 unspecified atom stereocenters. The van der Waals surface area contributed by atoms with Gasteiger partial charge in [0.05, 0.1) is 0 Å². The second kappa shape index (κ2) is 3.88. The van der Waals surface area contributed by atoms with E-state index in [-0.39, 0.29) is 0 Å². The summed E-state index contributed by atoms with van der Waals surface area (Å²) in [6, 6.07) is 7.38. The highest BCUT2D eigenvalue weighted by molar-refractivity contribution is 6.30. The van der Waals surface area contributed by atoms with Crippen molar-refractivity contribution in [2.75, 3.05) is 5.43 Å². The summed E-state index contributed by atoms with van der Waals surface area (Å²) in [6.45, 7) is 0. The minimum Gasteiger partial charge on any atom is -0.296 e. The molecule has 0 saturated heterocycles. The molecule has 0 fully saturated rings. The fraction of sp³-hybridized carbons (Fsp3) is 0.111. The van der Waals surface area contributed by atoms with Gasteiger partial charge in [0.25, 0.3) is 0 Å². The number of halogens is 1. The Morgan fingerprint density at radius 2 is 1.93 bits per heavy atom. The number of anilines is 1. The van der Waals surface area contributed by atoms with Gasteiger partial charge >= 0.3 is 0 Å². The van der Waals surface area contributed by atoms with Crippen LogP contribution < -0.4 is 11.3 Å². The average Bonchev–Trinajstić information content (AvgIpc) is 2.61. The number of hydrogen-bond acceptors (Lipinski definition) is 4. The maximum absolute atomic E-state index is 5.80. The highest BCUT2D eigenvalue weighted by Crippen LogP contribution is 2.20. The van der Waals surface area contributed by atoms with E-state index in [0.29, 0.717) is 11.0 Å². The lowest BCUT2D eigenvalue weighted by Gasteiger charge is -2.02. The van der Waals surface area contributed by atoms with Crippen LogP contribution in [-0.2, 0) is 7.05 Å². The van der Waals surface area contributed by atoms with Crippen LogP contribution >= 0.6 is 11.6 Å². The van der Waals surface area contributed by atoms with Crippen molar-refractivity contribution in [1.82, 2.24) is 14.8 Å². The van der Waals surface area contributed by atoms with Crippen LogP contribution in [0.5, 0.6) is 0 Å². The molecule has 0 amide bonds. The molecule has 0 aliphatic carbocycles. The summed E-state index contributed by atoms with van der Waals surface area (Å²) >= 11 is 5.80. The first-order valence-corrected chi connectivity index (χ1v) is 4.72. The predicted octanol–water partition coefficient (Wildman–Crippen LogP) is 1.42. The Kier molecular flexibility index (Phi) is 2.57. The fourth-order valence-electron chi connectivity index (χ4n) is 1.31. The second-order valence-electron chi connectivity index (χ2n) is 3.06. The van der Waals surface area contributed by atoms with Gasteiger partial charge in [0.15, 0.2) is 5.82 Å². The number of nitrogens with two attached hydrogens (primary N) is 1. The molecule has 0 aliphatic heterocycles. The number of nitrogens with one attached hydrogen (secondary N) is 1. The molecule has 0 radical (unpaired) electrons. The Labute approximate surface area is 91.8 Å². The molecule has 2 rings (SSSR count). The quantitative estimate of drug-likeness (QED) is 0.597. The zero-order valence-electron chi connectivity index (χ0n) is 8.11. The topological polar surface area (TPSA) is 68.8 Å². The molecule has 2 aromatic rings. The van der Waals surface area contributed by atoms with Gasteiger partial charge in [0.2, 0.25) is 5.95 Å². The summed E-state index contributed by atoms with van der Waals surface area (Å²) in [5.74, 6) is 6.52. The Morgan fingerprint density at radius 1 is 1.27 bits per heavy atom. The van der Waals surface area contributed by atoms with Crippen molar-refractivity contribution >= 4 is 17.5 Å². The van der Waals surface area contributed by atoms with Gasteiger partial charge in [-0.1, -0.05) is 11.6 Å². The van der Waals surface area contributed by atoms with Gasteiger partial charge in [0.1, 0.15) is 0 Å². The molecule has 3 N–H and O–H groups in total. The van der Waals surface area contributed by atoms with E-state index in [9.17, 15) is 0 Å². The first-order valence-electron chi connectivity index (χ1n) is 4.34. The molecule has 0 bridgehead atoms. The van der Waals surface area contributed by atoms with E-state index in [0.717, 1.165) is 11.4 Å². The lowest BCUT2D eigenvalue weighted by Crippen LogP contribution is -2.11. The molecular weight excluding hydrogens is 214 g/mol. The molecule has 1 heterocycles. The summed E-state index contributed by atoms with van der Waals surface area (Å²) in [4.78, 5) is 0. The number of benzene rings is 1. The highest BCUT2D eigenvalue weighted by Gasteiger charge is 2.08. The Morgan fingerprint density at radius 3 is 2.47 bits per heavy atom. The maximum Gasteiger partial charge on any atom is 0.238 e. The predicted molar refractivity (Wildman–Crippen MR) is 59.3 cm³/mol. The average molecular weight is 224 g/mol. The Bertz CT molecular complexity index is 462. The van der Waals surface area contributed by atoms with E-state index in [1.54, 1.807) is 16.7 Å². The zero-order valence-corrected chi connectivity index (χ0v) is 8.86. The van der Waals surface area contributed by atoms with Crippen LogP contribution in [0, 0.1) is 0 Å². The van der Waals surface area contributed by atoms with Crippen molar-refractivity contribution in [2.24, 2.45) is 12.9 Å². The van der Waals surface area contributed by atoms with Crippen molar-refractivity contribution in [3.8, 4) is 11.4 Å². The lowest BCUT2D eigenvalue weighted by atomic mass is 10.2. The van der Waals surface area contributed by atoms with Gasteiger partial charge in [-0.05, 0) is 24.3 Å². The van der Waals surface area contributed by atoms with Crippen LogP contribution in [-0.4, -0.2) is 14.8 Å². The van der Waals surface area contributed by atoms with Crippen molar-refractivity contribution < 1.29 is 0 Å². The summed E-state index contributed by atoms with van der Waals surface area (Å²) < 4.78 is 1.77. The summed E-state index contributed by atoms with van der Waals surface area (Å²) in [5, 5.41) is 8.58. The summed E-state index contributed by atoms with van der Waals surface area (Å²) in [6.07, 6.45) is 0. The lowest BCUT2D eigenvalue weighted by molar-refractivity contribution is 0.917. The van der Waals surface area contributed by atoms with Crippen LogP contribution in [0.3, 0.4) is 0 Å². The third-order valence-electron chi connectivity index (χ3n) is 2.11. The van der Waals surface area contributed by atoms with Crippen molar-refractivity contribution in [2.45, 2.75) is 0 Å². The van der Waals surface area contributed by atoms with E-state index in [1.807, 2.05) is 19.2 Å². The van der Waals surface area contributed by atoms with Gasteiger partial charge < -0.3 is 0 Å². The van der Waals surface area contributed by atoms with E-state index in [2.05, 4.69) is 15.6 Å². The van der Waals surface area contributed by atoms with Crippen molar-refractivity contribution in [3.63, 3.8) is 0 Å². The maximum atomic E-state index is 5.80. The van der Waals surface area contributed by atoms with Gasteiger partial charge in [0, 0.05) is 17.6 Å². The summed E-state index contributed by atoms with van der Waals surface area (Å²) in [5.41, 5.74) is 3.40. The Hall–Kier alpha value is -1.59. The smallest absolute Gasteiger partial charge is 0.238 e. The van der Waals surface area contributed by atoms with E-state index >= 15 is 0 Å². The number of aromatic nitrogens is 3. The number of hydrazine groups is 1. The molecule has 78 valence electrons. The number of rotatable bonds is 2. The first kappa shape index (κ1) is 9.95. The van der Waals surface area contributed by atoms with Crippen LogP contribution in [0.1, 0.15) is 0 Å². The van der Waals surface area contributed by atoms with Crippen molar-refractivity contribution in [3.05, 3.63) is 29.3 Å². The molecule has 0 saturated carbocycles. The largest absolute Gasteiger partial charge is 0.296 e. The van der Waals surface area contributed by atoms with E-state index < -0.39 is 0 Å². The fourth-order valence-corrected chi connectivity index (χ4v) is 1.43.